The molecular weight excluding hydrogens is 364 g/mol. The summed E-state index contributed by atoms with van der Waals surface area (Å²) in [4.78, 5) is 5.19. The third kappa shape index (κ3) is 8.62. The van der Waals surface area contributed by atoms with Gasteiger partial charge in [-0.05, 0) is 62.6 Å². The first kappa shape index (κ1) is 24.6. The molecule has 0 aromatic heterocycles. The maximum absolute atomic E-state index is 2.64. The molecule has 0 bridgehead atoms. The summed E-state index contributed by atoms with van der Waals surface area (Å²) in [5.41, 5.74) is 4.28. The average molecular weight is 409 g/mol. The van der Waals surface area contributed by atoms with Gasteiger partial charge in [-0.3, -0.25) is 4.90 Å². The molecule has 2 rings (SSSR count). The first-order chi connectivity index (χ1) is 14.2. The molecule has 2 aromatic carbocycles. The van der Waals surface area contributed by atoms with Crippen LogP contribution >= 0.6 is 0 Å². The SMILES string of the molecule is CC(C)CN(CC(C)Cc1cccc(CN(Cc2ccccc2)C(C)C)c1)C(C)C. The van der Waals surface area contributed by atoms with Gasteiger partial charge in [-0.25, -0.2) is 0 Å². The fraction of sp³-hybridized carbons (Fsp3) is 0.571. The second kappa shape index (κ2) is 12.3. The fourth-order valence-corrected chi connectivity index (χ4v) is 4.16. The van der Waals surface area contributed by atoms with E-state index in [1.807, 2.05) is 0 Å². The lowest BCUT2D eigenvalue weighted by Gasteiger charge is -2.31. The molecule has 0 saturated carbocycles. The molecule has 0 N–H and O–H groups in total. The second-order valence-corrected chi connectivity index (χ2v) is 10.1. The fourth-order valence-electron chi connectivity index (χ4n) is 4.16. The molecule has 0 spiro atoms. The zero-order valence-electron chi connectivity index (χ0n) is 20.4. The van der Waals surface area contributed by atoms with Gasteiger partial charge in [0.25, 0.3) is 0 Å². The average Bonchev–Trinajstić information content (AvgIpc) is 2.67. The summed E-state index contributed by atoms with van der Waals surface area (Å²) in [5.74, 6) is 1.38. The van der Waals surface area contributed by atoms with Gasteiger partial charge < -0.3 is 4.90 Å². The van der Waals surface area contributed by atoms with Gasteiger partial charge in [-0.2, -0.15) is 0 Å². The molecule has 30 heavy (non-hydrogen) atoms. The quantitative estimate of drug-likeness (QED) is 0.388. The van der Waals surface area contributed by atoms with Crippen molar-refractivity contribution in [3.05, 3.63) is 71.3 Å². The standard InChI is InChI=1S/C28H44N2/c1-22(2)18-29(23(3)4)19-25(7)16-27-14-11-15-28(17-27)21-30(24(5)6)20-26-12-9-8-10-13-26/h8-15,17,22-25H,16,18-21H2,1-7H3. The Bertz CT molecular complexity index is 720. The van der Waals surface area contributed by atoms with E-state index < -0.39 is 0 Å². The van der Waals surface area contributed by atoms with Crippen LogP contribution in [0.2, 0.25) is 0 Å². The van der Waals surface area contributed by atoms with Crippen molar-refractivity contribution in [3.63, 3.8) is 0 Å². The Balaban J connectivity index is 2.00. The molecule has 166 valence electrons. The summed E-state index contributed by atoms with van der Waals surface area (Å²) in [6.45, 7) is 20.6. The minimum absolute atomic E-state index is 0.517. The number of rotatable bonds is 12. The van der Waals surface area contributed by atoms with Crippen molar-refractivity contribution in [2.45, 2.75) is 80.1 Å². The van der Waals surface area contributed by atoms with Crippen LogP contribution in [-0.4, -0.2) is 35.0 Å². The molecule has 0 amide bonds. The van der Waals surface area contributed by atoms with E-state index in [-0.39, 0.29) is 0 Å². The Morgan fingerprint density at radius 1 is 0.600 bits per heavy atom. The van der Waals surface area contributed by atoms with Gasteiger partial charge in [0, 0.05) is 38.3 Å². The van der Waals surface area contributed by atoms with Crippen molar-refractivity contribution < 1.29 is 0 Å². The van der Waals surface area contributed by atoms with E-state index in [1.165, 1.54) is 29.8 Å². The van der Waals surface area contributed by atoms with Crippen molar-refractivity contribution >= 4 is 0 Å². The Labute approximate surface area is 186 Å². The minimum atomic E-state index is 0.517. The highest BCUT2D eigenvalue weighted by molar-refractivity contribution is 5.24. The smallest absolute Gasteiger partial charge is 0.0240 e. The van der Waals surface area contributed by atoms with Crippen molar-refractivity contribution in [2.75, 3.05) is 13.1 Å². The Hall–Kier alpha value is -1.64. The molecule has 0 aliphatic rings. The molecule has 0 fully saturated rings. The van der Waals surface area contributed by atoms with E-state index >= 15 is 0 Å². The summed E-state index contributed by atoms with van der Waals surface area (Å²) in [5, 5.41) is 0. The molecule has 1 unspecified atom stereocenters. The zero-order chi connectivity index (χ0) is 22.1. The van der Waals surface area contributed by atoms with Crippen LogP contribution in [0.4, 0.5) is 0 Å². The third-order valence-electron chi connectivity index (χ3n) is 5.80. The highest BCUT2D eigenvalue weighted by Gasteiger charge is 2.16. The van der Waals surface area contributed by atoms with Crippen LogP contribution in [0.5, 0.6) is 0 Å². The molecule has 0 aliphatic heterocycles. The molecule has 0 radical (unpaired) electrons. The molecular formula is C28H44N2. The summed E-state index contributed by atoms with van der Waals surface area (Å²) in [6.07, 6.45) is 1.15. The first-order valence-electron chi connectivity index (χ1n) is 11.8. The lowest BCUT2D eigenvalue weighted by Crippen LogP contribution is -2.37. The van der Waals surface area contributed by atoms with Gasteiger partial charge in [-0.15, -0.1) is 0 Å². The Kier molecular flexibility index (Phi) is 10.1. The molecule has 1 atom stereocenters. The predicted octanol–water partition coefficient (Wildman–Crippen LogP) is 6.64. The maximum Gasteiger partial charge on any atom is 0.0240 e. The monoisotopic (exact) mass is 408 g/mol. The highest BCUT2D eigenvalue weighted by Crippen LogP contribution is 2.18. The van der Waals surface area contributed by atoms with E-state index in [0.29, 0.717) is 18.0 Å². The van der Waals surface area contributed by atoms with Crippen LogP contribution in [0.25, 0.3) is 0 Å². The van der Waals surface area contributed by atoms with E-state index in [9.17, 15) is 0 Å². The third-order valence-corrected chi connectivity index (χ3v) is 5.80. The lowest BCUT2D eigenvalue weighted by atomic mass is 9.98. The summed E-state index contributed by atoms with van der Waals surface area (Å²) >= 11 is 0. The van der Waals surface area contributed by atoms with Gasteiger partial charge in [0.1, 0.15) is 0 Å². The van der Waals surface area contributed by atoms with Crippen LogP contribution in [0.3, 0.4) is 0 Å². The summed E-state index contributed by atoms with van der Waals surface area (Å²) < 4.78 is 0. The van der Waals surface area contributed by atoms with Crippen molar-refractivity contribution in [1.29, 1.82) is 0 Å². The van der Waals surface area contributed by atoms with E-state index in [0.717, 1.165) is 25.4 Å². The van der Waals surface area contributed by atoms with E-state index in [4.69, 9.17) is 0 Å². The number of hydrogen-bond acceptors (Lipinski definition) is 2. The van der Waals surface area contributed by atoms with Crippen LogP contribution in [0.1, 0.15) is 65.2 Å². The molecule has 0 heterocycles. The molecule has 2 aromatic rings. The van der Waals surface area contributed by atoms with Gasteiger partial charge in [0.15, 0.2) is 0 Å². The van der Waals surface area contributed by atoms with Crippen LogP contribution < -0.4 is 0 Å². The number of benzene rings is 2. The Morgan fingerprint density at radius 3 is 1.77 bits per heavy atom. The topological polar surface area (TPSA) is 6.48 Å². The van der Waals surface area contributed by atoms with E-state index in [1.54, 1.807) is 0 Å². The number of nitrogens with zero attached hydrogens (tertiary/aromatic N) is 2. The van der Waals surface area contributed by atoms with Crippen molar-refractivity contribution in [1.82, 2.24) is 9.80 Å². The van der Waals surface area contributed by atoms with Crippen LogP contribution in [0.15, 0.2) is 54.6 Å². The zero-order valence-corrected chi connectivity index (χ0v) is 20.4. The summed E-state index contributed by atoms with van der Waals surface area (Å²) in [6, 6.07) is 21.2. The lowest BCUT2D eigenvalue weighted by molar-refractivity contribution is 0.172. The largest absolute Gasteiger partial charge is 0.300 e. The van der Waals surface area contributed by atoms with Crippen LogP contribution in [-0.2, 0) is 19.5 Å². The number of hydrogen-bond donors (Lipinski definition) is 0. The highest BCUT2D eigenvalue weighted by atomic mass is 15.1. The summed E-state index contributed by atoms with van der Waals surface area (Å²) in [7, 11) is 0. The second-order valence-electron chi connectivity index (χ2n) is 10.1. The van der Waals surface area contributed by atoms with Crippen LogP contribution in [0, 0.1) is 11.8 Å². The van der Waals surface area contributed by atoms with Crippen molar-refractivity contribution in [3.8, 4) is 0 Å². The predicted molar refractivity (Wildman–Crippen MR) is 132 cm³/mol. The molecule has 0 aliphatic carbocycles. The first-order valence-corrected chi connectivity index (χ1v) is 11.8. The molecule has 0 saturated heterocycles. The maximum atomic E-state index is 2.64. The molecule has 2 heteroatoms. The molecule has 2 nitrogen and oxygen atoms in total. The van der Waals surface area contributed by atoms with Crippen molar-refractivity contribution in [2.24, 2.45) is 11.8 Å². The van der Waals surface area contributed by atoms with Gasteiger partial charge in [0.05, 0.1) is 0 Å². The van der Waals surface area contributed by atoms with Gasteiger partial charge >= 0.3 is 0 Å². The van der Waals surface area contributed by atoms with Gasteiger partial charge in [-0.1, -0.05) is 75.4 Å². The van der Waals surface area contributed by atoms with Gasteiger partial charge in [0.2, 0.25) is 0 Å². The Morgan fingerprint density at radius 2 is 1.17 bits per heavy atom. The van der Waals surface area contributed by atoms with E-state index in [2.05, 4.69) is 113 Å². The minimum Gasteiger partial charge on any atom is -0.300 e. The normalized spacial score (nSPS) is 13.2.